The number of ether oxygens (including phenoxy) is 3. The zero-order valence-electron chi connectivity index (χ0n) is 17.5. The van der Waals surface area contributed by atoms with E-state index in [4.69, 9.17) is 14.2 Å². The predicted molar refractivity (Wildman–Crippen MR) is 110 cm³/mol. The molecule has 0 bridgehead atoms. The quantitative estimate of drug-likeness (QED) is 0.248. The van der Waals surface area contributed by atoms with E-state index in [2.05, 4.69) is 15.5 Å². The number of hydrogen-bond donors (Lipinski definition) is 0. The molecule has 0 amide bonds. The molecule has 0 aliphatic carbocycles. The second-order valence-corrected chi connectivity index (χ2v) is 6.38. The van der Waals surface area contributed by atoms with E-state index in [1.807, 2.05) is 0 Å². The van der Waals surface area contributed by atoms with Crippen molar-refractivity contribution in [1.82, 2.24) is 20.2 Å². The first-order chi connectivity index (χ1) is 15.9. The molecule has 33 heavy (non-hydrogen) atoms. The molecule has 0 N–H and O–H groups in total. The Labute approximate surface area is 186 Å². The van der Waals surface area contributed by atoms with Gasteiger partial charge in [0.1, 0.15) is 5.56 Å². The third-order valence-electron chi connectivity index (χ3n) is 4.42. The Kier molecular flexibility index (Phi) is 7.07. The van der Waals surface area contributed by atoms with Gasteiger partial charge in [-0.05, 0) is 35.9 Å². The van der Waals surface area contributed by atoms with Crippen LogP contribution in [0.4, 0.5) is 11.4 Å². The molecule has 14 nitrogen and oxygen atoms in total. The predicted octanol–water partition coefficient (Wildman–Crippen LogP) is 2.78. The van der Waals surface area contributed by atoms with E-state index < -0.39 is 32.9 Å². The van der Waals surface area contributed by atoms with E-state index in [0.717, 1.165) is 6.07 Å². The number of para-hydroxylation sites is 1. The lowest BCUT2D eigenvalue weighted by molar-refractivity contribution is -0.396. The normalized spacial score (nSPS) is 10.5. The molecule has 0 aliphatic rings. The summed E-state index contributed by atoms with van der Waals surface area (Å²) in [5.74, 6) is -1.39. The molecular weight excluding hydrogens is 440 g/mol. The SMILES string of the molecule is CCOC(=O)CCc1c([N+](=O)[O-])cc(OC)c(Oc2nnnn2-c2ccccc2)c1[N+](=O)[O-]. The second kappa shape index (κ2) is 10.1. The lowest BCUT2D eigenvalue weighted by atomic mass is 10.0. The van der Waals surface area contributed by atoms with Crippen LogP contribution in [0.5, 0.6) is 17.5 Å². The van der Waals surface area contributed by atoms with Gasteiger partial charge in [-0.3, -0.25) is 25.0 Å². The number of tetrazole rings is 1. The maximum absolute atomic E-state index is 12.0. The first-order valence-corrected chi connectivity index (χ1v) is 9.57. The van der Waals surface area contributed by atoms with Gasteiger partial charge in [0.25, 0.3) is 11.4 Å². The fourth-order valence-electron chi connectivity index (χ4n) is 3.03. The number of esters is 1. The Hall–Kier alpha value is -4.62. The maximum atomic E-state index is 12.0. The highest BCUT2D eigenvalue weighted by atomic mass is 16.6. The highest BCUT2D eigenvalue weighted by molar-refractivity contribution is 5.73. The summed E-state index contributed by atoms with van der Waals surface area (Å²) in [7, 11) is 1.17. The number of nitrogens with zero attached hydrogens (tertiary/aromatic N) is 6. The molecular formula is C19H18N6O8. The van der Waals surface area contributed by atoms with Crippen LogP contribution in [0, 0.1) is 20.2 Å². The van der Waals surface area contributed by atoms with Crippen molar-refractivity contribution in [1.29, 1.82) is 0 Å². The Morgan fingerprint density at radius 2 is 1.88 bits per heavy atom. The third kappa shape index (κ3) is 5.00. The minimum Gasteiger partial charge on any atom is -0.492 e. The summed E-state index contributed by atoms with van der Waals surface area (Å²) >= 11 is 0. The number of methoxy groups -OCH3 is 1. The number of hydrogen-bond acceptors (Lipinski definition) is 11. The van der Waals surface area contributed by atoms with Crippen LogP contribution in [0.1, 0.15) is 18.9 Å². The minimum absolute atomic E-state index is 0.0993. The molecule has 0 spiro atoms. The molecule has 1 aromatic heterocycles. The van der Waals surface area contributed by atoms with Gasteiger partial charge in [0.05, 0.1) is 41.7 Å². The number of carbonyl (C=O) groups excluding carboxylic acids is 1. The van der Waals surface area contributed by atoms with E-state index in [9.17, 15) is 25.0 Å². The van der Waals surface area contributed by atoms with Crippen LogP contribution in [0.3, 0.4) is 0 Å². The van der Waals surface area contributed by atoms with Crippen molar-refractivity contribution in [2.75, 3.05) is 13.7 Å². The first kappa shape index (κ1) is 23.1. The van der Waals surface area contributed by atoms with Crippen molar-refractivity contribution in [3.8, 4) is 23.2 Å². The van der Waals surface area contributed by atoms with E-state index in [-0.39, 0.29) is 36.8 Å². The molecule has 3 aromatic rings. The van der Waals surface area contributed by atoms with Gasteiger partial charge < -0.3 is 14.2 Å². The topological polar surface area (TPSA) is 175 Å². The Morgan fingerprint density at radius 3 is 2.48 bits per heavy atom. The smallest absolute Gasteiger partial charge is 0.346 e. The van der Waals surface area contributed by atoms with Crippen LogP contribution in [-0.2, 0) is 16.0 Å². The number of benzene rings is 2. The molecule has 0 atom stereocenters. The molecule has 1 heterocycles. The molecule has 14 heteroatoms. The number of nitro benzene ring substituents is 2. The van der Waals surface area contributed by atoms with Gasteiger partial charge in [0.2, 0.25) is 0 Å². The van der Waals surface area contributed by atoms with E-state index in [0.29, 0.717) is 5.69 Å². The van der Waals surface area contributed by atoms with Gasteiger partial charge >= 0.3 is 17.7 Å². The van der Waals surface area contributed by atoms with Gasteiger partial charge in [-0.2, -0.15) is 4.68 Å². The molecule has 3 rings (SSSR count). The highest BCUT2D eigenvalue weighted by Gasteiger charge is 2.35. The zero-order chi connectivity index (χ0) is 24.0. The average molecular weight is 458 g/mol. The Morgan fingerprint density at radius 1 is 1.15 bits per heavy atom. The van der Waals surface area contributed by atoms with Crippen LogP contribution in [0.15, 0.2) is 36.4 Å². The van der Waals surface area contributed by atoms with Crippen molar-refractivity contribution in [2.45, 2.75) is 19.8 Å². The van der Waals surface area contributed by atoms with Crippen molar-refractivity contribution >= 4 is 17.3 Å². The summed E-state index contributed by atoms with van der Waals surface area (Å²) < 4.78 is 16.8. The molecule has 0 aliphatic heterocycles. The van der Waals surface area contributed by atoms with Gasteiger partial charge in [0.15, 0.2) is 5.75 Å². The van der Waals surface area contributed by atoms with Gasteiger partial charge in [-0.1, -0.05) is 23.3 Å². The molecule has 0 saturated carbocycles. The fourth-order valence-corrected chi connectivity index (χ4v) is 3.03. The van der Waals surface area contributed by atoms with E-state index in [1.165, 1.54) is 11.8 Å². The van der Waals surface area contributed by atoms with Gasteiger partial charge in [-0.25, -0.2) is 0 Å². The molecule has 0 unspecified atom stereocenters. The maximum Gasteiger partial charge on any atom is 0.346 e. The lowest BCUT2D eigenvalue weighted by Crippen LogP contribution is -2.10. The van der Waals surface area contributed by atoms with E-state index >= 15 is 0 Å². The van der Waals surface area contributed by atoms with Crippen LogP contribution in [0.25, 0.3) is 5.69 Å². The monoisotopic (exact) mass is 458 g/mol. The second-order valence-electron chi connectivity index (χ2n) is 6.38. The average Bonchev–Trinajstić information content (AvgIpc) is 3.26. The first-order valence-electron chi connectivity index (χ1n) is 9.57. The molecule has 172 valence electrons. The summed E-state index contributed by atoms with van der Waals surface area (Å²) in [6, 6.07) is 9.32. The van der Waals surface area contributed by atoms with Gasteiger partial charge in [-0.15, -0.1) is 0 Å². The molecule has 0 fully saturated rings. The highest BCUT2D eigenvalue weighted by Crippen LogP contribution is 2.46. The van der Waals surface area contributed by atoms with E-state index in [1.54, 1.807) is 37.3 Å². The number of carbonyl (C=O) groups is 1. The molecule has 0 saturated heterocycles. The van der Waals surface area contributed by atoms with Gasteiger partial charge in [0, 0.05) is 0 Å². The number of rotatable bonds is 10. The van der Waals surface area contributed by atoms with Crippen molar-refractivity contribution in [3.05, 3.63) is 62.2 Å². The Bertz CT molecular complexity index is 1180. The minimum atomic E-state index is -0.845. The standard InChI is InChI=1S/C19H18N6O8/c1-3-32-16(26)10-9-13-14(24(27)28)11-15(31-2)18(17(13)25(29)30)33-19-20-21-22-23(19)12-7-5-4-6-8-12/h4-8,11H,3,9-10H2,1-2H3. The number of aromatic nitrogens is 4. The summed E-state index contributed by atoms with van der Waals surface area (Å²) in [5.41, 5.74) is -1.16. The summed E-state index contributed by atoms with van der Waals surface area (Å²) in [6.45, 7) is 1.70. The summed E-state index contributed by atoms with van der Waals surface area (Å²) in [5, 5.41) is 34.7. The largest absolute Gasteiger partial charge is 0.492 e. The Balaban J connectivity index is 2.14. The summed E-state index contributed by atoms with van der Waals surface area (Å²) in [4.78, 5) is 33.8. The van der Waals surface area contributed by atoms with Crippen LogP contribution < -0.4 is 9.47 Å². The van der Waals surface area contributed by atoms with Crippen LogP contribution >= 0.6 is 0 Å². The third-order valence-corrected chi connectivity index (χ3v) is 4.42. The van der Waals surface area contributed by atoms with Crippen molar-refractivity contribution in [3.63, 3.8) is 0 Å². The zero-order valence-corrected chi connectivity index (χ0v) is 17.5. The number of nitro groups is 2. The fraction of sp³-hybridized carbons (Fsp3) is 0.263. The lowest BCUT2D eigenvalue weighted by Gasteiger charge is -2.13. The van der Waals surface area contributed by atoms with Crippen molar-refractivity contribution < 1.29 is 28.9 Å². The van der Waals surface area contributed by atoms with Crippen LogP contribution in [-0.4, -0.2) is 49.7 Å². The summed E-state index contributed by atoms with van der Waals surface area (Å²) in [6.07, 6.45) is -0.654. The van der Waals surface area contributed by atoms with Crippen LogP contribution in [0.2, 0.25) is 0 Å². The molecule has 2 aromatic carbocycles. The van der Waals surface area contributed by atoms with Crippen molar-refractivity contribution in [2.24, 2.45) is 0 Å². The molecule has 0 radical (unpaired) electrons.